The Bertz CT molecular complexity index is 406. The van der Waals surface area contributed by atoms with E-state index in [4.69, 9.17) is 4.74 Å². The summed E-state index contributed by atoms with van der Waals surface area (Å²) in [5, 5.41) is 0. The molecule has 2 rings (SSSR count). The van der Waals surface area contributed by atoms with Crippen LogP contribution in [-0.2, 0) is 4.74 Å². The van der Waals surface area contributed by atoms with Gasteiger partial charge in [0.2, 0.25) is 0 Å². The van der Waals surface area contributed by atoms with Crippen molar-refractivity contribution in [1.29, 1.82) is 0 Å². The summed E-state index contributed by atoms with van der Waals surface area (Å²) in [6.45, 7) is 4.32. The van der Waals surface area contributed by atoms with Crippen molar-refractivity contribution in [2.24, 2.45) is 5.92 Å². The standard InChI is InChI=1S/C13H18N2O2/c1-10(16)12-3-5-14-13(7-12)15-6-4-11(8-15)9-17-2/h3,5,7,11H,4,6,8-9H2,1-2H3. The van der Waals surface area contributed by atoms with Gasteiger partial charge < -0.3 is 9.64 Å². The average Bonchev–Trinajstić information content (AvgIpc) is 2.78. The van der Waals surface area contributed by atoms with Gasteiger partial charge in [0.15, 0.2) is 5.78 Å². The number of hydrogen-bond acceptors (Lipinski definition) is 4. The van der Waals surface area contributed by atoms with E-state index in [-0.39, 0.29) is 5.78 Å². The molecule has 0 aliphatic carbocycles. The van der Waals surface area contributed by atoms with Crippen LogP contribution in [0, 0.1) is 5.92 Å². The highest BCUT2D eigenvalue weighted by Crippen LogP contribution is 2.22. The minimum atomic E-state index is 0.0845. The van der Waals surface area contributed by atoms with Crippen molar-refractivity contribution < 1.29 is 9.53 Å². The number of carbonyl (C=O) groups is 1. The van der Waals surface area contributed by atoms with E-state index in [1.54, 1.807) is 26.3 Å². The van der Waals surface area contributed by atoms with Gasteiger partial charge in [-0.3, -0.25) is 4.79 Å². The molecule has 0 aromatic carbocycles. The Kier molecular flexibility index (Phi) is 3.74. The van der Waals surface area contributed by atoms with Gasteiger partial charge in [-0.2, -0.15) is 0 Å². The SMILES string of the molecule is COCC1CCN(c2cc(C(C)=O)ccn2)C1. The highest BCUT2D eigenvalue weighted by molar-refractivity contribution is 5.94. The van der Waals surface area contributed by atoms with E-state index in [9.17, 15) is 4.79 Å². The summed E-state index contributed by atoms with van der Waals surface area (Å²) in [5.41, 5.74) is 0.727. The van der Waals surface area contributed by atoms with Gasteiger partial charge in [0.25, 0.3) is 0 Å². The predicted molar refractivity (Wildman–Crippen MR) is 66.4 cm³/mol. The maximum Gasteiger partial charge on any atom is 0.159 e. The molecule has 92 valence electrons. The molecular formula is C13H18N2O2. The van der Waals surface area contributed by atoms with E-state index >= 15 is 0 Å². The van der Waals surface area contributed by atoms with Crippen molar-refractivity contribution in [3.05, 3.63) is 23.9 Å². The molecule has 1 aliphatic heterocycles. The highest BCUT2D eigenvalue weighted by Gasteiger charge is 2.23. The minimum Gasteiger partial charge on any atom is -0.384 e. The molecule has 1 aliphatic rings. The van der Waals surface area contributed by atoms with Crippen molar-refractivity contribution in [2.75, 3.05) is 31.7 Å². The number of anilines is 1. The number of ketones is 1. The summed E-state index contributed by atoms with van der Waals surface area (Å²) < 4.78 is 5.17. The van der Waals surface area contributed by atoms with Gasteiger partial charge in [-0.25, -0.2) is 4.98 Å². The predicted octanol–water partition coefficient (Wildman–Crippen LogP) is 1.76. The van der Waals surface area contributed by atoms with Crippen molar-refractivity contribution in [3.63, 3.8) is 0 Å². The third kappa shape index (κ3) is 2.82. The first-order chi connectivity index (χ1) is 8.20. The van der Waals surface area contributed by atoms with Gasteiger partial charge in [-0.15, -0.1) is 0 Å². The number of methoxy groups -OCH3 is 1. The molecule has 0 N–H and O–H groups in total. The highest BCUT2D eigenvalue weighted by atomic mass is 16.5. The molecule has 0 bridgehead atoms. The monoisotopic (exact) mass is 234 g/mol. The third-order valence-electron chi connectivity index (χ3n) is 3.16. The summed E-state index contributed by atoms with van der Waals surface area (Å²) in [4.78, 5) is 17.9. The molecule has 2 heterocycles. The largest absolute Gasteiger partial charge is 0.384 e. The van der Waals surface area contributed by atoms with E-state index < -0.39 is 0 Å². The van der Waals surface area contributed by atoms with Crippen LogP contribution < -0.4 is 4.90 Å². The van der Waals surface area contributed by atoms with E-state index in [1.165, 1.54) is 0 Å². The van der Waals surface area contributed by atoms with Gasteiger partial charge in [0, 0.05) is 37.9 Å². The lowest BCUT2D eigenvalue weighted by Gasteiger charge is -2.17. The van der Waals surface area contributed by atoms with Crippen LogP contribution >= 0.6 is 0 Å². The van der Waals surface area contributed by atoms with Crippen molar-refractivity contribution in [3.8, 4) is 0 Å². The second-order valence-corrected chi connectivity index (χ2v) is 4.51. The summed E-state index contributed by atoms with van der Waals surface area (Å²) >= 11 is 0. The van der Waals surface area contributed by atoms with Gasteiger partial charge in [-0.1, -0.05) is 0 Å². The van der Waals surface area contributed by atoms with E-state index in [2.05, 4.69) is 9.88 Å². The minimum absolute atomic E-state index is 0.0845. The molecule has 1 aromatic heterocycles. The fraction of sp³-hybridized carbons (Fsp3) is 0.538. The first-order valence-electron chi connectivity index (χ1n) is 5.91. The first-order valence-corrected chi connectivity index (χ1v) is 5.91. The summed E-state index contributed by atoms with van der Waals surface area (Å²) in [6, 6.07) is 3.63. The van der Waals surface area contributed by atoms with Crippen LogP contribution in [0.2, 0.25) is 0 Å². The fourth-order valence-electron chi connectivity index (χ4n) is 2.22. The molecule has 1 saturated heterocycles. The Labute approximate surface area is 102 Å². The Morgan fingerprint density at radius 1 is 1.65 bits per heavy atom. The molecule has 1 atom stereocenters. The summed E-state index contributed by atoms with van der Waals surface area (Å²) in [5.74, 6) is 1.56. The van der Waals surface area contributed by atoms with Crippen LogP contribution in [0.3, 0.4) is 0 Å². The number of nitrogens with zero attached hydrogens (tertiary/aromatic N) is 2. The third-order valence-corrected chi connectivity index (χ3v) is 3.16. The maximum atomic E-state index is 11.3. The van der Waals surface area contributed by atoms with Crippen LogP contribution in [0.25, 0.3) is 0 Å². The first kappa shape index (κ1) is 12.0. The summed E-state index contributed by atoms with van der Waals surface area (Å²) in [6.07, 6.45) is 2.83. The number of rotatable bonds is 4. The van der Waals surface area contributed by atoms with E-state index in [1.807, 2.05) is 6.07 Å². The van der Waals surface area contributed by atoms with Crippen LogP contribution in [0.15, 0.2) is 18.3 Å². The number of Topliss-reactive ketones (excluding diaryl/α,β-unsaturated/α-hetero) is 1. The molecule has 4 nitrogen and oxygen atoms in total. The normalized spacial score (nSPS) is 19.6. The smallest absolute Gasteiger partial charge is 0.159 e. The lowest BCUT2D eigenvalue weighted by Crippen LogP contribution is -2.22. The molecule has 0 radical (unpaired) electrons. The lowest BCUT2D eigenvalue weighted by molar-refractivity contribution is 0.101. The quantitative estimate of drug-likeness (QED) is 0.744. The van der Waals surface area contributed by atoms with Crippen LogP contribution in [-0.4, -0.2) is 37.6 Å². The molecule has 0 spiro atoms. The van der Waals surface area contributed by atoms with Crippen LogP contribution in [0.4, 0.5) is 5.82 Å². The number of ether oxygens (including phenoxy) is 1. The number of pyridine rings is 1. The van der Waals surface area contributed by atoms with Crippen molar-refractivity contribution in [2.45, 2.75) is 13.3 Å². The maximum absolute atomic E-state index is 11.3. The number of aromatic nitrogens is 1. The molecule has 1 unspecified atom stereocenters. The number of carbonyl (C=O) groups excluding carboxylic acids is 1. The van der Waals surface area contributed by atoms with Gasteiger partial charge in [-0.05, 0) is 25.5 Å². The molecule has 1 fully saturated rings. The zero-order valence-corrected chi connectivity index (χ0v) is 10.3. The Morgan fingerprint density at radius 2 is 2.47 bits per heavy atom. The average molecular weight is 234 g/mol. The van der Waals surface area contributed by atoms with Crippen molar-refractivity contribution >= 4 is 11.6 Å². The fourth-order valence-corrected chi connectivity index (χ4v) is 2.22. The molecule has 17 heavy (non-hydrogen) atoms. The molecular weight excluding hydrogens is 216 g/mol. The molecule has 4 heteroatoms. The Hall–Kier alpha value is -1.42. The number of hydrogen-bond donors (Lipinski definition) is 0. The van der Waals surface area contributed by atoms with Gasteiger partial charge >= 0.3 is 0 Å². The lowest BCUT2D eigenvalue weighted by atomic mass is 10.1. The Morgan fingerprint density at radius 3 is 3.18 bits per heavy atom. The summed E-state index contributed by atoms with van der Waals surface area (Å²) in [7, 11) is 1.73. The van der Waals surface area contributed by atoms with Gasteiger partial charge in [0.05, 0.1) is 6.61 Å². The van der Waals surface area contributed by atoms with Gasteiger partial charge in [0.1, 0.15) is 5.82 Å². The zero-order valence-electron chi connectivity index (χ0n) is 10.3. The molecule has 0 amide bonds. The zero-order chi connectivity index (χ0) is 12.3. The Balaban J connectivity index is 2.08. The second kappa shape index (κ2) is 5.27. The second-order valence-electron chi connectivity index (χ2n) is 4.51. The molecule has 0 saturated carbocycles. The van der Waals surface area contributed by atoms with Crippen LogP contribution in [0.5, 0.6) is 0 Å². The van der Waals surface area contributed by atoms with Crippen LogP contribution in [0.1, 0.15) is 23.7 Å². The molecule has 1 aromatic rings. The topological polar surface area (TPSA) is 42.4 Å². The van der Waals surface area contributed by atoms with Crippen molar-refractivity contribution in [1.82, 2.24) is 4.98 Å². The van der Waals surface area contributed by atoms with E-state index in [0.717, 1.165) is 37.5 Å². The van der Waals surface area contributed by atoms with E-state index in [0.29, 0.717) is 5.92 Å².